The van der Waals surface area contributed by atoms with E-state index in [1.165, 1.54) is 0 Å². The van der Waals surface area contributed by atoms with E-state index in [1.54, 1.807) is 22.7 Å². The molecule has 5 rings (SSSR count). The maximum atomic E-state index is 13.5. The van der Waals surface area contributed by atoms with Crippen LogP contribution in [0.15, 0.2) is 78.2 Å². The highest BCUT2D eigenvalue weighted by Crippen LogP contribution is 2.32. The lowest BCUT2D eigenvalue weighted by Gasteiger charge is -2.34. The third kappa shape index (κ3) is 4.49. The topological polar surface area (TPSA) is 49.3 Å². The predicted molar refractivity (Wildman–Crippen MR) is 133 cm³/mol. The van der Waals surface area contributed by atoms with Crippen molar-refractivity contribution in [2.75, 3.05) is 31.1 Å². The lowest BCUT2D eigenvalue weighted by molar-refractivity contribution is -0.125. The molecule has 1 aliphatic heterocycles. The summed E-state index contributed by atoms with van der Waals surface area (Å²) in [5.74, 6) is 0.0660. The van der Waals surface area contributed by atoms with Crippen LogP contribution in [-0.2, 0) is 4.79 Å². The Morgan fingerprint density at radius 1 is 0.844 bits per heavy atom. The van der Waals surface area contributed by atoms with E-state index in [0.717, 1.165) is 44.8 Å². The van der Waals surface area contributed by atoms with Gasteiger partial charge in [-0.05, 0) is 28.6 Å². The van der Waals surface area contributed by atoms with Crippen LogP contribution in [0.3, 0.4) is 0 Å². The zero-order valence-corrected chi connectivity index (χ0v) is 19.1. The molecule has 0 N–H and O–H groups in total. The van der Waals surface area contributed by atoms with E-state index in [-0.39, 0.29) is 5.91 Å². The molecule has 1 amide bonds. The van der Waals surface area contributed by atoms with Crippen molar-refractivity contribution in [1.82, 2.24) is 15.1 Å². The van der Waals surface area contributed by atoms with E-state index in [4.69, 9.17) is 0 Å². The molecule has 160 valence electrons. The van der Waals surface area contributed by atoms with Crippen LogP contribution in [0.2, 0.25) is 0 Å². The minimum Gasteiger partial charge on any atom is -0.343 e. The maximum Gasteiger partial charge on any atom is 0.254 e. The predicted octanol–water partition coefficient (Wildman–Crippen LogP) is 5.16. The Kier molecular flexibility index (Phi) is 6.09. The van der Waals surface area contributed by atoms with Crippen molar-refractivity contribution in [2.24, 2.45) is 0 Å². The molecule has 0 bridgehead atoms. The molecular weight excluding hydrogens is 436 g/mol. The van der Waals surface area contributed by atoms with Crippen molar-refractivity contribution in [2.45, 2.75) is 0 Å². The molecule has 0 aliphatic carbocycles. The molecule has 32 heavy (non-hydrogen) atoms. The van der Waals surface area contributed by atoms with E-state index in [1.807, 2.05) is 83.1 Å². The number of anilines is 1. The van der Waals surface area contributed by atoms with E-state index in [9.17, 15) is 4.79 Å². The second-order valence-corrected chi connectivity index (χ2v) is 9.38. The molecular formula is C25H22N4OS2. The van der Waals surface area contributed by atoms with Crippen molar-refractivity contribution in [1.29, 1.82) is 0 Å². The number of thiophene rings is 1. The second-order valence-electron chi connectivity index (χ2n) is 7.48. The van der Waals surface area contributed by atoms with Crippen molar-refractivity contribution in [3.05, 3.63) is 89.3 Å². The number of benzene rings is 2. The van der Waals surface area contributed by atoms with Crippen molar-refractivity contribution < 1.29 is 4.79 Å². The minimum absolute atomic E-state index is 0.0660. The zero-order chi connectivity index (χ0) is 21.8. The monoisotopic (exact) mass is 458 g/mol. The molecule has 0 unspecified atom stereocenters. The van der Waals surface area contributed by atoms with Crippen LogP contribution in [0, 0.1) is 0 Å². The SMILES string of the molecule is O=C(/C(=C\c1ccccc1)c1ccccc1)N1CCN(c2nnc(-c3cccs3)s2)CC1. The van der Waals surface area contributed by atoms with Gasteiger partial charge in [-0.1, -0.05) is 78.1 Å². The van der Waals surface area contributed by atoms with Crippen LogP contribution in [0.1, 0.15) is 11.1 Å². The Morgan fingerprint density at radius 3 is 2.25 bits per heavy atom. The second kappa shape index (κ2) is 9.46. The molecule has 0 saturated carbocycles. The van der Waals surface area contributed by atoms with Crippen LogP contribution in [0.25, 0.3) is 21.5 Å². The Bertz CT molecular complexity index is 1200. The number of carbonyl (C=O) groups excluding carboxylic acids is 1. The summed E-state index contributed by atoms with van der Waals surface area (Å²) in [4.78, 5) is 18.8. The molecule has 1 fully saturated rings. The molecule has 5 nitrogen and oxygen atoms in total. The fourth-order valence-corrected chi connectivity index (χ4v) is 5.40. The highest BCUT2D eigenvalue weighted by atomic mass is 32.1. The summed E-state index contributed by atoms with van der Waals surface area (Å²) >= 11 is 3.28. The highest BCUT2D eigenvalue weighted by molar-refractivity contribution is 7.22. The Labute approximate surface area is 195 Å². The number of nitrogens with zero attached hydrogens (tertiary/aromatic N) is 4. The Hall–Kier alpha value is -3.29. The first-order valence-electron chi connectivity index (χ1n) is 10.5. The molecule has 0 atom stereocenters. The standard InChI is InChI=1S/C25H22N4OS2/c30-24(21(20-10-5-2-6-11-20)18-19-8-3-1-4-9-19)28-13-15-29(16-14-28)25-27-26-23(32-25)22-12-7-17-31-22/h1-12,17-18H,13-16H2/b21-18-. The Balaban J connectivity index is 1.31. The van der Waals surface area contributed by atoms with Gasteiger partial charge in [-0.25, -0.2) is 0 Å². The van der Waals surface area contributed by atoms with E-state index >= 15 is 0 Å². The van der Waals surface area contributed by atoms with Gasteiger partial charge in [0.05, 0.1) is 4.88 Å². The molecule has 2 aromatic heterocycles. The van der Waals surface area contributed by atoms with Gasteiger partial charge in [-0.3, -0.25) is 4.79 Å². The summed E-state index contributed by atoms with van der Waals surface area (Å²) in [5, 5.41) is 12.7. The normalized spacial score (nSPS) is 14.6. The molecule has 1 aliphatic rings. The third-order valence-corrected chi connectivity index (χ3v) is 7.43. The first-order chi connectivity index (χ1) is 15.8. The number of amides is 1. The highest BCUT2D eigenvalue weighted by Gasteiger charge is 2.26. The van der Waals surface area contributed by atoms with Gasteiger partial charge in [0.15, 0.2) is 5.01 Å². The average Bonchev–Trinajstić information content (AvgIpc) is 3.56. The minimum atomic E-state index is 0.0660. The fraction of sp³-hybridized carbons (Fsp3) is 0.160. The van der Waals surface area contributed by atoms with Crippen molar-refractivity contribution in [3.63, 3.8) is 0 Å². The van der Waals surface area contributed by atoms with Gasteiger partial charge in [-0.15, -0.1) is 21.5 Å². The Morgan fingerprint density at radius 2 is 1.56 bits per heavy atom. The van der Waals surface area contributed by atoms with Gasteiger partial charge < -0.3 is 9.80 Å². The van der Waals surface area contributed by atoms with Crippen LogP contribution in [-0.4, -0.2) is 47.2 Å². The molecule has 4 aromatic rings. The van der Waals surface area contributed by atoms with E-state index in [2.05, 4.69) is 21.2 Å². The van der Waals surface area contributed by atoms with Gasteiger partial charge in [0, 0.05) is 31.8 Å². The molecule has 1 saturated heterocycles. The van der Waals surface area contributed by atoms with Gasteiger partial charge in [-0.2, -0.15) is 0 Å². The fourth-order valence-electron chi connectivity index (χ4n) is 3.72. The van der Waals surface area contributed by atoms with Crippen LogP contribution >= 0.6 is 22.7 Å². The van der Waals surface area contributed by atoms with Crippen molar-refractivity contribution in [3.8, 4) is 9.88 Å². The molecule has 2 aromatic carbocycles. The lowest BCUT2D eigenvalue weighted by Crippen LogP contribution is -2.49. The molecule has 0 radical (unpaired) electrons. The van der Waals surface area contributed by atoms with Crippen molar-refractivity contribution >= 4 is 45.4 Å². The summed E-state index contributed by atoms with van der Waals surface area (Å²) in [6.07, 6.45) is 1.99. The summed E-state index contributed by atoms with van der Waals surface area (Å²) in [5.41, 5.74) is 2.68. The van der Waals surface area contributed by atoms with Gasteiger partial charge >= 0.3 is 0 Å². The quantitative estimate of drug-likeness (QED) is 0.306. The summed E-state index contributed by atoms with van der Waals surface area (Å²) < 4.78 is 0. The largest absolute Gasteiger partial charge is 0.343 e. The summed E-state index contributed by atoms with van der Waals surface area (Å²) in [6, 6.07) is 24.0. The number of rotatable bonds is 5. The number of hydrogen-bond acceptors (Lipinski definition) is 6. The number of hydrogen-bond donors (Lipinski definition) is 0. The summed E-state index contributed by atoms with van der Waals surface area (Å²) in [6.45, 7) is 2.81. The van der Waals surface area contributed by atoms with Gasteiger partial charge in [0.2, 0.25) is 5.13 Å². The van der Waals surface area contributed by atoms with E-state index < -0.39 is 0 Å². The van der Waals surface area contributed by atoms with Gasteiger partial charge in [0.1, 0.15) is 0 Å². The van der Waals surface area contributed by atoms with E-state index in [0.29, 0.717) is 13.1 Å². The van der Waals surface area contributed by atoms with Crippen LogP contribution < -0.4 is 4.90 Å². The van der Waals surface area contributed by atoms with Crippen LogP contribution in [0.4, 0.5) is 5.13 Å². The average molecular weight is 459 g/mol. The lowest BCUT2D eigenvalue weighted by atomic mass is 10.0. The molecule has 0 spiro atoms. The van der Waals surface area contributed by atoms with Crippen LogP contribution in [0.5, 0.6) is 0 Å². The zero-order valence-electron chi connectivity index (χ0n) is 17.4. The number of carbonyl (C=O) groups is 1. The molecule has 3 heterocycles. The molecule has 7 heteroatoms. The first kappa shape index (κ1) is 20.6. The smallest absolute Gasteiger partial charge is 0.254 e. The number of piperazine rings is 1. The first-order valence-corrected chi connectivity index (χ1v) is 12.2. The maximum absolute atomic E-state index is 13.5. The number of aromatic nitrogens is 2. The third-order valence-electron chi connectivity index (χ3n) is 5.41. The summed E-state index contributed by atoms with van der Waals surface area (Å²) in [7, 11) is 0. The van der Waals surface area contributed by atoms with Gasteiger partial charge in [0.25, 0.3) is 5.91 Å².